The minimum Gasteiger partial charge on any atom is -0.454 e. The van der Waals surface area contributed by atoms with Crippen molar-refractivity contribution in [1.29, 1.82) is 0 Å². The molecule has 8 nitrogen and oxygen atoms in total. The molecule has 1 atom stereocenters. The van der Waals surface area contributed by atoms with Gasteiger partial charge in [0.2, 0.25) is 18.6 Å². The van der Waals surface area contributed by atoms with Crippen molar-refractivity contribution in [3.05, 3.63) is 60.4 Å². The molecule has 1 N–H and O–H groups in total. The Bertz CT molecular complexity index is 1230. The fourth-order valence-electron chi connectivity index (χ4n) is 3.86. The van der Waals surface area contributed by atoms with Crippen molar-refractivity contribution in [2.45, 2.75) is 12.6 Å². The van der Waals surface area contributed by atoms with Gasteiger partial charge in [-0.05, 0) is 36.4 Å². The Morgan fingerprint density at radius 2 is 1.88 bits per heavy atom. The number of rotatable bonds is 4. The third-order valence-electron chi connectivity index (χ3n) is 5.50. The van der Waals surface area contributed by atoms with Gasteiger partial charge in [-0.25, -0.2) is 4.68 Å². The average molecular weight is 458 g/mol. The summed E-state index contributed by atoms with van der Waals surface area (Å²) in [6.45, 7) is 0.121. The number of aromatic nitrogens is 2. The van der Waals surface area contributed by atoms with E-state index >= 15 is 0 Å². The van der Waals surface area contributed by atoms with E-state index in [1.807, 2.05) is 0 Å². The molecular formula is C22H17F3N4O4. The number of fused-ring (bicyclic) bond motifs is 1. The second-order valence-electron chi connectivity index (χ2n) is 7.61. The molecular weight excluding hydrogens is 441 g/mol. The van der Waals surface area contributed by atoms with Crippen LogP contribution in [-0.4, -0.2) is 34.9 Å². The van der Waals surface area contributed by atoms with E-state index in [0.717, 1.165) is 6.07 Å². The number of carbonyl (C=O) groups is 2. The Morgan fingerprint density at radius 1 is 1.09 bits per heavy atom. The maximum absolute atomic E-state index is 13.7. The molecule has 0 aliphatic carbocycles. The van der Waals surface area contributed by atoms with E-state index in [9.17, 15) is 22.8 Å². The molecule has 1 unspecified atom stereocenters. The lowest BCUT2D eigenvalue weighted by molar-refractivity contribution is -0.137. The lowest BCUT2D eigenvalue weighted by Gasteiger charge is -2.18. The third-order valence-corrected chi connectivity index (χ3v) is 5.50. The molecule has 2 aliphatic rings. The maximum atomic E-state index is 13.7. The first-order chi connectivity index (χ1) is 15.8. The highest BCUT2D eigenvalue weighted by molar-refractivity contribution is 6.04. The first kappa shape index (κ1) is 20.9. The number of alkyl halides is 3. The van der Waals surface area contributed by atoms with Crippen molar-refractivity contribution >= 4 is 23.2 Å². The van der Waals surface area contributed by atoms with E-state index < -0.39 is 23.6 Å². The Morgan fingerprint density at radius 3 is 2.64 bits per heavy atom. The van der Waals surface area contributed by atoms with Gasteiger partial charge in [0.05, 0.1) is 22.9 Å². The van der Waals surface area contributed by atoms with Gasteiger partial charge in [0.15, 0.2) is 11.5 Å². The summed E-state index contributed by atoms with van der Waals surface area (Å²) in [5.41, 5.74) is -0.646. The van der Waals surface area contributed by atoms with Gasteiger partial charge in [0, 0.05) is 37.1 Å². The lowest BCUT2D eigenvalue weighted by Crippen LogP contribution is -2.28. The van der Waals surface area contributed by atoms with Crippen molar-refractivity contribution in [3.8, 4) is 17.2 Å². The molecule has 33 heavy (non-hydrogen) atoms. The van der Waals surface area contributed by atoms with Crippen LogP contribution < -0.4 is 19.7 Å². The van der Waals surface area contributed by atoms with Crippen molar-refractivity contribution in [3.63, 3.8) is 0 Å². The Balaban J connectivity index is 1.35. The molecule has 0 radical (unpaired) electrons. The molecule has 1 saturated heterocycles. The van der Waals surface area contributed by atoms with E-state index in [2.05, 4.69) is 10.4 Å². The van der Waals surface area contributed by atoms with Crippen LogP contribution in [0.1, 0.15) is 12.0 Å². The number of ether oxygens (including phenoxy) is 2. The molecule has 5 rings (SSSR count). The van der Waals surface area contributed by atoms with Gasteiger partial charge in [-0.15, -0.1) is 0 Å². The Kier molecular flexibility index (Phi) is 4.95. The summed E-state index contributed by atoms with van der Waals surface area (Å²) in [4.78, 5) is 26.7. The summed E-state index contributed by atoms with van der Waals surface area (Å²) >= 11 is 0. The van der Waals surface area contributed by atoms with Crippen LogP contribution in [0.4, 0.5) is 24.5 Å². The van der Waals surface area contributed by atoms with Gasteiger partial charge < -0.3 is 19.7 Å². The van der Waals surface area contributed by atoms with E-state index in [1.165, 1.54) is 34.1 Å². The largest absolute Gasteiger partial charge is 0.454 e. The summed E-state index contributed by atoms with van der Waals surface area (Å²) in [7, 11) is 0. The zero-order valence-electron chi connectivity index (χ0n) is 17.0. The predicted molar refractivity (Wildman–Crippen MR) is 110 cm³/mol. The van der Waals surface area contributed by atoms with Crippen LogP contribution in [0.15, 0.2) is 54.9 Å². The maximum Gasteiger partial charge on any atom is 0.418 e. The van der Waals surface area contributed by atoms with Gasteiger partial charge >= 0.3 is 6.18 Å². The Labute approximate surface area is 185 Å². The fourth-order valence-corrected chi connectivity index (χ4v) is 3.86. The van der Waals surface area contributed by atoms with Gasteiger partial charge in [-0.2, -0.15) is 18.3 Å². The number of nitrogens with zero attached hydrogens (tertiary/aromatic N) is 3. The second kappa shape index (κ2) is 7.84. The molecule has 3 aromatic rings. The second-order valence-corrected chi connectivity index (χ2v) is 7.61. The van der Waals surface area contributed by atoms with Gasteiger partial charge in [-0.1, -0.05) is 0 Å². The van der Waals surface area contributed by atoms with Crippen molar-refractivity contribution in [2.24, 2.45) is 5.92 Å². The van der Waals surface area contributed by atoms with Crippen LogP contribution in [0.3, 0.4) is 0 Å². The number of benzene rings is 2. The Hall–Kier alpha value is -4.02. The number of carbonyl (C=O) groups excluding carboxylic acids is 2. The van der Waals surface area contributed by atoms with Crippen LogP contribution in [0, 0.1) is 5.92 Å². The van der Waals surface area contributed by atoms with Crippen LogP contribution in [-0.2, 0) is 15.8 Å². The number of halogens is 3. The molecule has 0 spiro atoms. The molecule has 2 aliphatic heterocycles. The lowest BCUT2D eigenvalue weighted by atomic mass is 10.1. The number of nitrogens with one attached hydrogen (secondary N) is 1. The molecule has 11 heteroatoms. The highest BCUT2D eigenvalue weighted by atomic mass is 19.4. The zero-order valence-corrected chi connectivity index (χ0v) is 17.0. The van der Waals surface area contributed by atoms with Crippen LogP contribution in [0.5, 0.6) is 11.5 Å². The minimum atomic E-state index is -4.70. The molecule has 170 valence electrons. The summed E-state index contributed by atoms with van der Waals surface area (Å²) in [6.07, 6.45) is -1.85. The van der Waals surface area contributed by atoms with Gasteiger partial charge in [-0.3, -0.25) is 9.59 Å². The summed E-state index contributed by atoms with van der Waals surface area (Å²) in [5.74, 6) is -0.740. The molecule has 0 saturated carbocycles. The first-order valence-electron chi connectivity index (χ1n) is 10.0. The first-order valence-corrected chi connectivity index (χ1v) is 10.0. The summed E-state index contributed by atoms with van der Waals surface area (Å²) in [5, 5.41) is 6.29. The number of amides is 2. The van der Waals surface area contributed by atoms with E-state index in [-0.39, 0.29) is 37.0 Å². The average Bonchev–Trinajstić information content (AvgIpc) is 3.53. The molecule has 3 heterocycles. The normalized spacial score (nSPS) is 17.5. The molecule has 2 aromatic carbocycles. The molecule has 0 bridgehead atoms. The number of hydrogen-bond acceptors (Lipinski definition) is 5. The number of anilines is 2. The van der Waals surface area contributed by atoms with E-state index in [4.69, 9.17) is 9.47 Å². The third kappa shape index (κ3) is 3.97. The standard InChI is InChI=1S/C22H17F3N4O4/c23-22(24,25)16-9-15(29-7-1-6-26-29)2-4-17(16)27-21(31)13-8-20(30)28(11-13)14-3-5-18-19(10-14)33-12-32-18/h1-7,9-10,13H,8,11-12H2,(H,27,31). The zero-order chi connectivity index (χ0) is 23.2. The molecule has 2 amide bonds. The molecule has 1 aromatic heterocycles. The quantitative estimate of drug-likeness (QED) is 0.646. The summed E-state index contributed by atoms with van der Waals surface area (Å²) in [6, 6.07) is 10.1. The highest BCUT2D eigenvalue weighted by Crippen LogP contribution is 2.38. The van der Waals surface area contributed by atoms with Crippen molar-refractivity contribution in [2.75, 3.05) is 23.6 Å². The van der Waals surface area contributed by atoms with Crippen molar-refractivity contribution in [1.82, 2.24) is 9.78 Å². The molecule has 1 fully saturated rings. The minimum absolute atomic E-state index is 0.0387. The van der Waals surface area contributed by atoms with Crippen LogP contribution in [0.25, 0.3) is 5.69 Å². The summed E-state index contributed by atoms with van der Waals surface area (Å²) < 4.78 is 52.9. The van der Waals surface area contributed by atoms with Gasteiger partial charge in [0.1, 0.15) is 0 Å². The van der Waals surface area contributed by atoms with Crippen LogP contribution in [0.2, 0.25) is 0 Å². The topological polar surface area (TPSA) is 85.7 Å². The highest BCUT2D eigenvalue weighted by Gasteiger charge is 2.38. The monoisotopic (exact) mass is 458 g/mol. The van der Waals surface area contributed by atoms with E-state index in [1.54, 1.807) is 24.3 Å². The SMILES string of the molecule is O=C(Nc1ccc(-n2cccn2)cc1C(F)(F)F)C1CC(=O)N(c2ccc3c(c2)OCO3)C1. The fraction of sp³-hybridized carbons (Fsp3) is 0.227. The predicted octanol–water partition coefficient (Wildman–Crippen LogP) is 3.61. The smallest absolute Gasteiger partial charge is 0.418 e. The van der Waals surface area contributed by atoms with E-state index in [0.29, 0.717) is 17.2 Å². The van der Waals surface area contributed by atoms with Gasteiger partial charge in [0.25, 0.3) is 0 Å². The number of hydrogen-bond donors (Lipinski definition) is 1. The van der Waals surface area contributed by atoms with Crippen molar-refractivity contribution < 1.29 is 32.2 Å². The van der Waals surface area contributed by atoms with Crippen LogP contribution >= 0.6 is 0 Å².